The molecule has 1 aliphatic carbocycles. The Labute approximate surface area is 106 Å². The molecule has 4 unspecified atom stereocenters. The third-order valence-electron chi connectivity index (χ3n) is 5.23. The van der Waals surface area contributed by atoms with E-state index >= 15 is 0 Å². The summed E-state index contributed by atoms with van der Waals surface area (Å²) in [5, 5.41) is 0. The van der Waals surface area contributed by atoms with Crippen LogP contribution in [0, 0.1) is 29.6 Å². The molecule has 17 heavy (non-hydrogen) atoms. The van der Waals surface area contributed by atoms with Gasteiger partial charge >= 0.3 is 5.97 Å². The quantitative estimate of drug-likeness (QED) is 0.538. The van der Waals surface area contributed by atoms with Crippen LogP contribution in [0.3, 0.4) is 0 Å². The van der Waals surface area contributed by atoms with Gasteiger partial charge < -0.3 is 4.74 Å². The molecule has 0 heterocycles. The monoisotopic (exact) mass is 240 g/mol. The number of ether oxygens (including phenoxy) is 1. The zero-order valence-electron chi connectivity index (χ0n) is 12.0. The predicted molar refractivity (Wildman–Crippen MR) is 70.6 cm³/mol. The van der Waals surface area contributed by atoms with Crippen molar-refractivity contribution in [3.63, 3.8) is 0 Å². The molecule has 0 amide bonds. The van der Waals surface area contributed by atoms with Gasteiger partial charge in [-0.15, -0.1) is 0 Å². The highest BCUT2D eigenvalue weighted by molar-refractivity contribution is 5.68. The maximum Gasteiger partial charge on any atom is 0.305 e. The summed E-state index contributed by atoms with van der Waals surface area (Å²) >= 11 is 0. The van der Waals surface area contributed by atoms with Crippen LogP contribution in [0.5, 0.6) is 0 Å². The minimum atomic E-state index is -0.0701. The molecule has 100 valence electrons. The zero-order valence-corrected chi connectivity index (χ0v) is 12.0. The van der Waals surface area contributed by atoms with E-state index in [1.165, 1.54) is 13.5 Å². The first-order valence-electron chi connectivity index (χ1n) is 7.05. The number of rotatable bonds is 5. The Balaban J connectivity index is 2.30. The average molecular weight is 240 g/mol. The SMILES string of the molecule is COC(=O)CCCCC1C(C)C(C)C(C)C1C. The third kappa shape index (κ3) is 3.46. The summed E-state index contributed by atoms with van der Waals surface area (Å²) in [5.41, 5.74) is 0. The van der Waals surface area contributed by atoms with Gasteiger partial charge in [-0.2, -0.15) is 0 Å². The Morgan fingerprint density at radius 1 is 0.941 bits per heavy atom. The molecule has 0 saturated heterocycles. The minimum Gasteiger partial charge on any atom is -0.469 e. The lowest BCUT2D eigenvalue weighted by Crippen LogP contribution is -2.13. The molecule has 2 nitrogen and oxygen atoms in total. The minimum absolute atomic E-state index is 0.0701. The molecule has 1 aliphatic rings. The van der Waals surface area contributed by atoms with Gasteiger partial charge in [0, 0.05) is 6.42 Å². The van der Waals surface area contributed by atoms with E-state index < -0.39 is 0 Å². The first-order valence-corrected chi connectivity index (χ1v) is 7.05. The van der Waals surface area contributed by atoms with Crippen molar-refractivity contribution in [2.75, 3.05) is 7.11 Å². The maximum atomic E-state index is 11.0. The standard InChI is InChI=1S/C15H28O2/c1-10-11(2)13(4)14(12(10)3)8-6-7-9-15(16)17-5/h10-14H,6-9H2,1-5H3. The first-order chi connectivity index (χ1) is 7.99. The Hall–Kier alpha value is -0.530. The predicted octanol–water partition coefficient (Wildman–Crippen LogP) is 3.89. The fourth-order valence-electron chi connectivity index (χ4n) is 3.49. The molecule has 0 aliphatic heterocycles. The molecule has 0 aromatic heterocycles. The second-order valence-corrected chi connectivity index (χ2v) is 5.92. The summed E-state index contributed by atoms with van der Waals surface area (Å²) in [6.07, 6.45) is 3.99. The van der Waals surface area contributed by atoms with Crippen LogP contribution in [-0.4, -0.2) is 13.1 Å². The van der Waals surface area contributed by atoms with Crippen LogP contribution in [0.25, 0.3) is 0 Å². The van der Waals surface area contributed by atoms with Crippen LogP contribution in [0.4, 0.5) is 0 Å². The van der Waals surface area contributed by atoms with Gasteiger partial charge in [0.1, 0.15) is 0 Å². The number of unbranched alkanes of at least 4 members (excludes halogenated alkanes) is 1. The van der Waals surface area contributed by atoms with Crippen molar-refractivity contribution in [3.05, 3.63) is 0 Å². The van der Waals surface area contributed by atoms with Gasteiger partial charge in [0.15, 0.2) is 0 Å². The normalized spacial score (nSPS) is 37.1. The van der Waals surface area contributed by atoms with E-state index in [4.69, 9.17) is 0 Å². The molecular weight excluding hydrogens is 212 g/mol. The first kappa shape index (κ1) is 14.5. The number of hydrogen-bond acceptors (Lipinski definition) is 2. The van der Waals surface area contributed by atoms with E-state index in [0.717, 1.165) is 42.4 Å². The number of carbonyl (C=O) groups is 1. The van der Waals surface area contributed by atoms with Gasteiger partial charge in [-0.3, -0.25) is 4.79 Å². The summed E-state index contributed by atoms with van der Waals surface area (Å²) in [4.78, 5) is 11.0. The zero-order chi connectivity index (χ0) is 13.0. The number of methoxy groups -OCH3 is 1. The second-order valence-electron chi connectivity index (χ2n) is 5.92. The molecule has 4 atom stereocenters. The molecule has 0 N–H and O–H groups in total. The Morgan fingerprint density at radius 2 is 1.47 bits per heavy atom. The fraction of sp³-hybridized carbons (Fsp3) is 0.933. The number of carbonyl (C=O) groups excluding carboxylic acids is 1. The van der Waals surface area contributed by atoms with Gasteiger partial charge in [-0.25, -0.2) is 0 Å². The van der Waals surface area contributed by atoms with Gasteiger partial charge in [0.25, 0.3) is 0 Å². The highest BCUT2D eigenvalue weighted by atomic mass is 16.5. The van der Waals surface area contributed by atoms with Crippen LogP contribution in [0.2, 0.25) is 0 Å². The van der Waals surface area contributed by atoms with Crippen LogP contribution in [0.15, 0.2) is 0 Å². The Morgan fingerprint density at radius 3 is 1.94 bits per heavy atom. The van der Waals surface area contributed by atoms with Crippen molar-refractivity contribution < 1.29 is 9.53 Å². The summed E-state index contributed by atoms with van der Waals surface area (Å²) in [6, 6.07) is 0. The van der Waals surface area contributed by atoms with Crippen molar-refractivity contribution in [1.29, 1.82) is 0 Å². The highest BCUT2D eigenvalue weighted by Gasteiger charge is 2.40. The van der Waals surface area contributed by atoms with E-state index in [0.29, 0.717) is 6.42 Å². The molecule has 0 aromatic carbocycles. The van der Waals surface area contributed by atoms with Crippen molar-refractivity contribution in [3.8, 4) is 0 Å². The van der Waals surface area contributed by atoms with E-state index in [9.17, 15) is 4.79 Å². The number of esters is 1. The molecule has 1 saturated carbocycles. The third-order valence-corrected chi connectivity index (χ3v) is 5.23. The highest BCUT2D eigenvalue weighted by Crippen LogP contribution is 2.47. The Kier molecular flexibility index (Phi) is 5.48. The van der Waals surface area contributed by atoms with E-state index in [1.807, 2.05) is 0 Å². The second kappa shape index (κ2) is 6.42. The summed E-state index contributed by atoms with van der Waals surface area (Å²) in [6.45, 7) is 9.58. The Bertz CT molecular complexity index is 235. The largest absolute Gasteiger partial charge is 0.469 e. The molecule has 0 spiro atoms. The van der Waals surface area contributed by atoms with Crippen molar-refractivity contribution in [2.24, 2.45) is 29.6 Å². The van der Waals surface area contributed by atoms with Crippen molar-refractivity contribution >= 4 is 5.97 Å². The summed E-state index contributed by atoms with van der Waals surface area (Å²) in [5.74, 6) is 4.12. The van der Waals surface area contributed by atoms with Crippen molar-refractivity contribution in [1.82, 2.24) is 0 Å². The van der Waals surface area contributed by atoms with Gasteiger partial charge in [0.2, 0.25) is 0 Å². The van der Waals surface area contributed by atoms with Crippen molar-refractivity contribution in [2.45, 2.75) is 53.4 Å². The van der Waals surface area contributed by atoms with E-state index in [-0.39, 0.29) is 5.97 Å². The number of hydrogen-bond donors (Lipinski definition) is 0. The lowest BCUT2D eigenvalue weighted by molar-refractivity contribution is -0.140. The van der Waals surface area contributed by atoms with Crippen LogP contribution in [-0.2, 0) is 9.53 Å². The lowest BCUT2D eigenvalue weighted by atomic mass is 9.85. The molecule has 2 heteroatoms. The molecular formula is C15H28O2. The summed E-state index contributed by atoms with van der Waals surface area (Å²) < 4.78 is 4.66. The van der Waals surface area contributed by atoms with Gasteiger partial charge in [0.05, 0.1) is 7.11 Å². The summed E-state index contributed by atoms with van der Waals surface area (Å²) in [7, 11) is 1.47. The molecule has 0 radical (unpaired) electrons. The molecule has 1 rings (SSSR count). The van der Waals surface area contributed by atoms with Crippen LogP contribution < -0.4 is 0 Å². The maximum absolute atomic E-state index is 11.0. The lowest BCUT2D eigenvalue weighted by Gasteiger charge is -2.21. The smallest absolute Gasteiger partial charge is 0.305 e. The molecule has 0 bridgehead atoms. The average Bonchev–Trinajstić information content (AvgIpc) is 2.50. The van der Waals surface area contributed by atoms with Gasteiger partial charge in [-0.05, 0) is 42.4 Å². The topological polar surface area (TPSA) is 26.3 Å². The molecule has 1 fully saturated rings. The fourth-order valence-corrected chi connectivity index (χ4v) is 3.49. The van der Waals surface area contributed by atoms with Crippen LogP contribution in [0.1, 0.15) is 53.4 Å². The van der Waals surface area contributed by atoms with Gasteiger partial charge in [-0.1, -0.05) is 34.1 Å². The molecule has 0 aromatic rings. The van der Waals surface area contributed by atoms with Crippen LogP contribution >= 0.6 is 0 Å². The van der Waals surface area contributed by atoms with E-state index in [1.54, 1.807) is 0 Å². The van der Waals surface area contributed by atoms with E-state index in [2.05, 4.69) is 32.4 Å².